The molecule has 0 spiro atoms. The van der Waals surface area contributed by atoms with Crippen LogP contribution in [0.5, 0.6) is 5.75 Å². The highest BCUT2D eigenvalue weighted by Gasteiger charge is 2.16. The van der Waals surface area contributed by atoms with Crippen molar-refractivity contribution in [2.75, 3.05) is 11.9 Å². The Morgan fingerprint density at radius 3 is 2.54 bits per heavy atom. The van der Waals surface area contributed by atoms with Crippen LogP contribution in [0, 0.1) is 0 Å². The molecule has 138 valence electrons. The Morgan fingerprint density at radius 1 is 1.19 bits per heavy atom. The van der Waals surface area contributed by atoms with Gasteiger partial charge in [-0.1, -0.05) is 31.5 Å². The van der Waals surface area contributed by atoms with Crippen LogP contribution in [-0.4, -0.2) is 33.7 Å². The number of para-hydroxylation sites is 1. The SMILES string of the molecule is CCCCC(=O)N(C)c1ccccc1Cn1cc(O)c(=O)c(C(=O)O)c1. The van der Waals surface area contributed by atoms with Crippen LogP contribution in [-0.2, 0) is 11.3 Å². The molecule has 7 nitrogen and oxygen atoms in total. The summed E-state index contributed by atoms with van der Waals surface area (Å²) in [5, 5.41) is 18.8. The van der Waals surface area contributed by atoms with E-state index in [1.54, 1.807) is 18.0 Å². The van der Waals surface area contributed by atoms with E-state index in [0.29, 0.717) is 12.1 Å². The first-order valence-corrected chi connectivity index (χ1v) is 8.36. The number of benzene rings is 1. The van der Waals surface area contributed by atoms with Gasteiger partial charge < -0.3 is 19.7 Å². The Bertz CT molecular complexity index is 872. The van der Waals surface area contributed by atoms with Crippen molar-refractivity contribution in [2.45, 2.75) is 32.7 Å². The lowest BCUT2D eigenvalue weighted by Crippen LogP contribution is -2.27. The Balaban J connectivity index is 2.35. The smallest absolute Gasteiger partial charge is 0.341 e. The fourth-order valence-electron chi connectivity index (χ4n) is 2.66. The molecular weight excluding hydrogens is 336 g/mol. The normalized spacial score (nSPS) is 10.5. The van der Waals surface area contributed by atoms with Crippen molar-refractivity contribution < 1.29 is 19.8 Å². The molecule has 0 radical (unpaired) electrons. The lowest BCUT2D eigenvalue weighted by molar-refractivity contribution is -0.118. The summed E-state index contributed by atoms with van der Waals surface area (Å²) < 4.78 is 1.42. The summed E-state index contributed by atoms with van der Waals surface area (Å²) >= 11 is 0. The number of carbonyl (C=O) groups is 2. The van der Waals surface area contributed by atoms with Gasteiger partial charge >= 0.3 is 5.97 Å². The molecule has 7 heteroatoms. The zero-order valence-electron chi connectivity index (χ0n) is 14.8. The molecule has 1 heterocycles. The number of carboxylic acids is 1. The standard InChI is InChI=1S/C19H22N2O5/c1-3-4-9-17(23)20(2)15-8-6-5-7-13(15)10-21-11-14(19(25)26)18(24)16(22)12-21/h5-8,11-12,22H,3-4,9-10H2,1-2H3,(H,25,26). The predicted molar refractivity (Wildman–Crippen MR) is 97.8 cm³/mol. The molecule has 0 aliphatic heterocycles. The number of nitrogens with zero attached hydrogens (tertiary/aromatic N) is 2. The average molecular weight is 358 g/mol. The molecule has 0 aliphatic carbocycles. The number of aromatic carboxylic acids is 1. The van der Waals surface area contributed by atoms with Crippen LogP contribution in [0.3, 0.4) is 0 Å². The van der Waals surface area contributed by atoms with Crippen LogP contribution in [0.15, 0.2) is 41.5 Å². The van der Waals surface area contributed by atoms with E-state index in [4.69, 9.17) is 5.11 Å². The van der Waals surface area contributed by atoms with Gasteiger partial charge in [0, 0.05) is 31.9 Å². The topological polar surface area (TPSA) is 99.8 Å². The van der Waals surface area contributed by atoms with Gasteiger partial charge in [0.1, 0.15) is 5.56 Å². The maximum Gasteiger partial charge on any atom is 0.341 e. The third-order valence-corrected chi connectivity index (χ3v) is 4.11. The lowest BCUT2D eigenvalue weighted by atomic mass is 10.1. The fraction of sp³-hybridized carbons (Fsp3) is 0.316. The summed E-state index contributed by atoms with van der Waals surface area (Å²) in [7, 11) is 1.70. The van der Waals surface area contributed by atoms with Crippen LogP contribution in [0.4, 0.5) is 5.69 Å². The van der Waals surface area contributed by atoms with E-state index in [-0.39, 0.29) is 12.5 Å². The third-order valence-electron chi connectivity index (χ3n) is 4.11. The maximum absolute atomic E-state index is 12.3. The molecule has 1 amide bonds. The first-order chi connectivity index (χ1) is 12.3. The molecule has 0 saturated carbocycles. The van der Waals surface area contributed by atoms with Gasteiger partial charge in [0.15, 0.2) is 5.75 Å². The van der Waals surface area contributed by atoms with Gasteiger partial charge in [-0.15, -0.1) is 0 Å². The summed E-state index contributed by atoms with van der Waals surface area (Å²) in [6.07, 6.45) is 4.55. The summed E-state index contributed by atoms with van der Waals surface area (Å²) in [6, 6.07) is 7.24. The van der Waals surface area contributed by atoms with E-state index < -0.39 is 22.7 Å². The Kier molecular flexibility index (Phi) is 6.16. The van der Waals surface area contributed by atoms with Crippen LogP contribution in [0.1, 0.15) is 42.1 Å². The van der Waals surface area contributed by atoms with Crippen molar-refractivity contribution in [3.8, 4) is 5.75 Å². The number of aromatic hydroxyl groups is 1. The van der Waals surface area contributed by atoms with Crippen LogP contribution in [0.25, 0.3) is 0 Å². The molecule has 0 saturated heterocycles. The molecule has 2 rings (SSSR count). The molecular formula is C19H22N2O5. The summed E-state index contributed by atoms with van der Waals surface area (Å²) in [5.74, 6) is -2.04. The molecule has 1 aromatic heterocycles. The molecule has 0 bridgehead atoms. The van der Waals surface area contributed by atoms with Crippen molar-refractivity contribution in [3.05, 3.63) is 58.0 Å². The minimum Gasteiger partial charge on any atom is -0.503 e. The number of hydrogen-bond donors (Lipinski definition) is 2. The van der Waals surface area contributed by atoms with Gasteiger partial charge in [0.2, 0.25) is 11.3 Å². The van der Waals surface area contributed by atoms with Crippen LogP contribution >= 0.6 is 0 Å². The highest BCUT2D eigenvalue weighted by Crippen LogP contribution is 2.22. The van der Waals surface area contributed by atoms with Gasteiger partial charge in [0.05, 0.1) is 6.20 Å². The van der Waals surface area contributed by atoms with E-state index in [1.807, 2.05) is 25.1 Å². The van der Waals surface area contributed by atoms with Crippen molar-refractivity contribution >= 4 is 17.6 Å². The van der Waals surface area contributed by atoms with E-state index in [2.05, 4.69) is 0 Å². The minimum atomic E-state index is -1.40. The molecule has 0 unspecified atom stereocenters. The van der Waals surface area contributed by atoms with Crippen molar-refractivity contribution in [3.63, 3.8) is 0 Å². The lowest BCUT2D eigenvalue weighted by Gasteiger charge is -2.21. The van der Waals surface area contributed by atoms with E-state index in [9.17, 15) is 19.5 Å². The monoisotopic (exact) mass is 358 g/mol. The van der Waals surface area contributed by atoms with Crippen LogP contribution < -0.4 is 10.3 Å². The zero-order valence-corrected chi connectivity index (χ0v) is 14.8. The van der Waals surface area contributed by atoms with Crippen LogP contribution in [0.2, 0.25) is 0 Å². The van der Waals surface area contributed by atoms with Gasteiger partial charge in [-0.3, -0.25) is 9.59 Å². The van der Waals surface area contributed by atoms with Gasteiger partial charge in [-0.05, 0) is 18.1 Å². The summed E-state index contributed by atoms with van der Waals surface area (Å²) in [5.41, 5.74) is 0.0339. The molecule has 2 N–H and O–H groups in total. The third kappa shape index (κ3) is 4.30. The van der Waals surface area contributed by atoms with E-state index in [0.717, 1.165) is 18.4 Å². The average Bonchev–Trinajstić information content (AvgIpc) is 2.62. The zero-order chi connectivity index (χ0) is 19.3. The number of carbonyl (C=O) groups excluding carboxylic acids is 1. The summed E-state index contributed by atoms with van der Waals surface area (Å²) in [4.78, 5) is 36.7. The Labute approximate surface area is 151 Å². The van der Waals surface area contributed by atoms with E-state index in [1.165, 1.54) is 17.0 Å². The number of aromatic nitrogens is 1. The second-order valence-electron chi connectivity index (χ2n) is 6.05. The largest absolute Gasteiger partial charge is 0.503 e. The van der Waals surface area contributed by atoms with Gasteiger partial charge in [0.25, 0.3) is 0 Å². The highest BCUT2D eigenvalue weighted by atomic mass is 16.4. The second-order valence-corrected chi connectivity index (χ2v) is 6.05. The number of pyridine rings is 1. The second kappa shape index (κ2) is 8.33. The first kappa shape index (κ1) is 19.2. The number of anilines is 1. The first-order valence-electron chi connectivity index (χ1n) is 8.36. The Morgan fingerprint density at radius 2 is 1.88 bits per heavy atom. The number of carboxylic acid groups (broad SMARTS) is 1. The Hall–Kier alpha value is -3.09. The quantitative estimate of drug-likeness (QED) is 0.792. The van der Waals surface area contributed by atoms with E-state index >= 15 is 0 Å². The van der Waals surface area contributed by atoms with Crippen molar-refractivity contribution in [2.24, 2.45) is 0 Å². The number of unbranched alkanes of at least 4 members (excludes halogenated alkanes) is 1. The molecule has 1 aromatic carbocycles. The summed E-state index contributed by atoms with van der Waals surface area (Å²) in [6.45, 7) is 2.22. The maximum atomic E-state index is 12.3. The van der Waals surface area contributed by atoms with Gasteiger partial charge in [-0.2, -0.15) is 0 Å². The predicted octanol–water partition coefficient (Wildman–Crippen LogP) is 2.45. The highest BCUT2D eigenvalue weighted by molar-refractivity contribution is 5.93. The number of rotatable bonds is 7. The molecule has 26 heavy (non-hydrogen) atoms. The molecule has 2 aromatic rings. The van der Waals surface area contributed by atoms with Gasteiger partial charge in [-0.25, -0.2) is 4.79 Å². The minimum absolute atomic E-state index is 0.00622. The molecule has 0 atom stereocenters. The number of hydrogen-bond acceptors (Lipinski definition) is 4. The fourth-order valence-corrected chi connectivity index (χ4v) is 2.66. The molecule has 0 fully saturated rings. The molecule has 0 aliphatic rings. The van der Waals surface area contributed by atoms with Crippen molar-refractivity contribution in [1.29, 1.82) is 0 Å². The van der Waals surface area contributed by atoms with Crippen molar-refractivity contribution in [1.82, 2.24) is 4.57 Å². The number of amides is 1.